The first-order valence-electron chi connectivity index (χ1n) is 5.88. The quantitative estimate of drug-likeness (QED) is 0.529. The van der Waals surface area contributed by atoms with E-state index in [2.05, 4.69) is 10.1 Å². The fourth-order valence-electron chi connectivity index (χ4n) is 1.96. The fourth-order valence-corrected chi connectivity index (χ4v) is 2.21. The molecule has 0 bridgehead atoms. The van der Waals surface area contributed by atoms with E-state index in [1.807, 2.05) is 48.0 Å². The SMILES string of the molecule is Cn1c(=S)n(/N=C/c2cccnc2)c2ccccc21. The molecule has 0 radical (unpaired) electrons. The standard InChI is InChI=1S/C14H12N4S/c1-17-12-6-2-3-7-13(12)18(14(17)19)16-10-11-5-4-8-15-9-11/h2-10H,1H3/b16-10+. The first-order chi connectivity index (χ1) is 9.27. The summed E-state index contributed by atoms with van der Waals surface area (Å²) < 4.78 is 4.38. The van der Waals surface area contributed by atoms with Crippen LogP contribution in [0.4, 0.5) is 0 Å². The molecule has 0 atom stereocenters. The van der Waals surface area contributed by atoms with Crippen LogP contribution in [0.5, 0.6) is 0 Å². The van der Waals surface area contributed by atoms with E-state index >= 15 is 0 Å². The van der Waals surface area contributed by atoms with Crippen LogP contribution >= 0.6 is 12.2 Å². The number of para-hydroxylation sites is 2. The molecule has 2 heterocycles. The zero-order chi connectivity index (χ0) is 13.2. The number of hydrogen-bond donors (Lipinski definition) is 0. The van der Waals surface area contributed by atoms with Crippen molar-refractivity contribution < 1.29 is 0 Å². The largest absolute Gasteiger partial charge is 0.318 e. The number of aryl methyl sites for hydroxylation is 1. The Bertz CT molecular complexity index is 799. The van der Waals surface area contributed by atoms with Crippen molar-refractivity contribution in [1.82, 2.24) is 14.2 Å². The van der Waals surface area contributed by atoms with Crippen LogP contribution in [0, 0.1) is 4.77 Å². The molecule has 0 spiro atoms. The number of imidazole rings is 1. The van der Waals surface area contributed by atoms with Gasteiger partial charge in [-0.1, -0.05) is 18.2 Å². The number of benzene rings is 1. The molecule has 0 unspecified atom stereocenters. The van der Waals surface area contributed by atoms with Gasteiger partial charge in [0.05, 0.1) is 17.2 Å². The zero-order valence-corrected chi connectivity index (χ0v) is 11.2. The zero-order valence-electron chi connectivity index (χ0n) is 10.4. The molecule has 0 fully saturated rings. The van der Waals surface area contributed by atoms with E-state index in [1.54, 1.807) is 23.3 Å². The maximum absolute atomic E-state index is 5.41. The molecule has 1 aromatic carbocycles. The summed E-state index contributed by atoms with van der Waals surface area (Å²) in [6.07, 6.45) is 5.26. The molecule has 2 aromatic heterocycles. The summed E-state index contributed by atoms with van der Waals surface area (Å²) in [5.74, 6) is 0. The van der Waals surface area contributed by atoms with Crippen molar-refractivity contribution in [2.24, 2.45) is 12.1 Å². The molecule has 0 aliphatic rings. The van der Waals surface area contributed by atoms with Crippen molar-refractivity contribution in [2.75, 3.05) is 0 Å². The van der Waals surface area contributed by atoms with Gasteiger partial charge in [-0.15, -0.1) is 0 Å². The van der Waals surface area contributed by atoms with Gasteiger partial charge < -0.3 is 4.57 Å². The second-order valence-electron chi connectivity index (χ2n) is 4.17. The van der Waals surface area contributed by atoms with Gasteiger partial charge in [0.2, 0.25) is 4.77 Å². The van der Waals surface area contributed by atoms with E-state index in [9.17, 15) is 0 Å². The normalized spacial score (nSPS) is 11.4. The summed E-state index contributed by atoms with van der Waals surface area (Å²) in [5.41, 5.74) is 3.00. The highest BCUT2D eigenvalue weighted by molar-refractivity contribution is 7.71. The summed E-state index contributed by atoms with van der Waals surface area (Å²) >= 11 is 5.41. The highest BCUT2D eigenvalue weighted by Gasteiger charge is 2.05. The van der Waals surface area contributed by atoms with Crippen LogP contribution in [0.25, 0.3) is 11.0 Å². The van der Waals surface area contributed by atoms with Gasteiger partial charge in [0, 0.05) is 25.0 Å². The summed E-state index contributed by atoms with van der Waals surface area (Å²) in [7, 11) is 1.95. The topological polar surface area (TPSA) is 35.1 Å². The predicted molar refractivity (Wildman–Crippen MR) is 79.0 cm³/mol. The van der Waals surface area contributed by atoms with Crippen molar-refractivity contribution in [3.8, 4) is 0 Å². The van der Waals surface area contributed by atoms with Crippen LogP contribution in [0.3, 0.4) is 0 Å². The van der Waals surface area contributed by atoms with E-state index in [-0.39, 0.29) is 0 Å². The monoisotopic (exact) mass is 268 g/mol. The molecule has 3 aromatic rings. The molecule has 4 nitrogen and oxygen atoms in total. The van der Waals surface area contributed by atoms with Crippen LogP contribution in [-0.4, -0.2) is 20.4 Å². The van der Waals surface area contributed by atoms with Crippen molar-refractivity contribution in [1.29, 1.82) is 0 Å². The Hall–Kier alpha value is -2.27. The molecular formula is C14H12N4S. The molecule has 0 aliphatic carbocycles. The molecule has 3 rings (SSSR count). The minimum absolute atomic E-state index is 0.668. The maximum Gasteiger partial charge on any atom is 0.201 e. The fraction of sp³-hybridized carbons (Fsp3) is 0.0714. The number of aromatic nitrogens is 3. The molecule has 0 saturated carbocycles. The lowest BCUT2D eigenvalue weighted by atomic mass is 10.3. The van der Waals surface area contributed by atoms with Gasteiger partial charge in [0.15, 0.2) is 0 Å². The third-order valence-electron chi connectivity index (χ3n) is 2.95. The third-order valence-corrected chi connectivity index (χ3v) is 3.39. The summed E-state index contributed by atoms with van der Waals surface area (Å²) in [6.45, 7) is 0. The van der Waals surface area contributed by atoms with Crippen LogP contribution in [0.15, 0.2) is 53.9 Å². The number of nitrogens with zero attached hydrogens (tertiary/aromatic N) is 4. The number of pyridine rings is 1. The van der Waals surface area contributed by atoms with Gasteiger partial charge >= 0.3 is 0 Å². The number of hydrogen-bond acceptors (Lipinski definition) is 3. The van der Waals surface area contributed by atoms with Crippen molar-refractivity contribution >= 4 is 29.5 Å². The molecule has 0 saturated heterocycles. The Labute approximate surface area is 115 Å². The molecule has 0 aliphatic heterocycles. The highest BCUT2D eigenvalue weighted by atomic mass is 32.1. The van der Waals surface area contributed by atoms with E-state index in [0.717, 1.165) is 16.6 Å². The van der Waals surface area contributed by atoms with E-state index in [1.165, 1.54) is 0 Å². The van der Waals surface area contributed by atoms with Crippen LogP contribution < -0.4 is 0 Å². The van der Waals surface area contributed by atoms with Gasteiger partial charge in [0.1, 0.15) is 0 Å². The third kappa shape index (κ3) is 2.08. The molecule has 94 valence electrons. The van der Waals surface area contributed by atoms with Crippen molar-refractivity contribution in [3.63, 3.8) is 0 Å². The van der Waals surface area contributed by atoms with Gasteiger partial charge in [-0.25, -0.2) is 4.68 Å². The number of rotatable bonds is 2. The Morgan fingerprint density at radius 3 is 2.68 bits per heavy atom. The Kier molecular flexibility index (Phi) is 2.97. The summed E-state index contributed by atoms with van der Waals surface area (Å²) in [4.78, 5) is 4.06. The lowest BCUT2D eigenvalue weighted by Crippen LogP contribution is -1.93. The van der Waals surface area contributed by atoms with Crippen LogP contribution in [-0.2, 0) is 7.05 Å². The van der Waals surface area contributed by atoms with Gasteiger partial charge in [-0.2, -0.15) is 5.10 Å². The second kappa shape index (κ2) is 4.78. The summed E-state index contributed by atoms with van der Waals surface area (Å²) in [6, 6.07) is 11.8. The molecule has 19 heavy (non-hydrogen) atoms. The lowest BCUT2D eigenvalue weighted by molar-refractivity contribution is 0.818. The number of fused-ring (bicyclic) bond motifs is 1. The van der Waals surface area contributed by atoms with Gasteiger partial charge in [-0.3, -0.25) is 4.98 Å². The molecule has 5 heteroatoms. The smallest absolute Gasteiger partial charge is 0.201 e. The predicted octanol–water partition coefficient (Wildman–Crippen LogP) is 2.99. The first kappa shape index (κ1) is 11.8. The van der Waals surface area contributed by atoms with Gasteiger partial charge in [-0.05, 0) is 30.4 Å². The Morgan fingerprint density at radius 1 is 1.16 bits per heavy atom. The minimum Gasteiger partial charge on any atom is -0.318 e. The second-order valence-corrected chi connectivity index (χ2v) is 4.54. The van der Waals surface area contributed by atoms with Crippen LogP contribution in [0.1, 0.15) is 5.56 Å². The highest BCUT2D eigenvalue weighted by Crippen LogP contribution is 2.16. The molecular weight excluding hydrogens is 256 g/mol. The Morgan fingerprint density at radius 2 is 1.95 bits per heavy atom. The van der Waals surface area contributed by atoms with Crippen molar-refractivity contribution in [3.05, 3.63) is 59.1 Å². The lowest BCUT2D eigenvalue weighted by Gasteiger charge is -1.95. The van der Waals surface area contributed by atoms with E-state index < -0.39 is 0 Å². The van der Waals surface area contributed by atoms with Gasteiger partial charge in [0.25, 0.3) is 0 Å². The average molecular weight is 268 g/mol. The average Bonchev–Trinajstić information content (AvgIpc) is 2.71. The minimum atomic E-state index is 0.668. The maximum atomic E-state index is 5.41. The van der Waals surface area contributed by atoms with E-state index in [4.69, 9.17) is 12.2 Å². The Balaban J connectivity index is 2.14. The first-order valence-corrected chi connectivity index (χ1v) is 6.29. The van der Waals surface area contributed by atoms with Crippen molar-refractivity contribution in [2.45, 2.75) is 0 Å². The van der Waals surface area contributed by atoms with Crippen LogP contribution in [0.2, 0.25) is 0 Å². The molecule has 0 N–H and O–H groups in total. The van der Waals surface area contributed by atoms with E-state index in [0.29, 0.717) is 4.77 Å². The summed E-state index contributed by atoms with van der Waals surface area (Å²) in [5, 5.41) is 4.45. The molecule has 0 amide bonds.